The molecule has 3 amide bonds. The summed E-state index contributed by atoms with van der Waals surface area (Å²) in [6.45, 7) is 17.6. The smallest absolute Gasteiger partial charge is 0.408 e. The molecule has 4 unspecified atom stereocenters. The fourth-order valence-electron chi connectivity index (χ4n) is 5.15. The molecule has 2 N–H and O–H groups in total. The van der Waals surface area contributed by atoms with E-state index in [1.165, 1.54) is 0 Å². The molecule has 10 heteroatoms. The number of piperidine rings is 1. The number of Topliss-reactive ketones (excluding diaryl/α,β-unsaturated/α-hetero) is 1. The molecule has 1 aliphatic heterocycles. The summed E-state index contributed by atoms with van der Waals surface area (Å²) in [6.07, 6.45) is 2.34. The molecule has 2 aliphatic rings. The van der Waals surface area contributed by atoms with Gasteiger partial charge < -0.3 is 25.0 Å². The third kappa shape index (κ3) is 8.17. The van der Waals surface area contributed by atoms with Crippen molar-refractivity contribution >= 4 is 29.7 Å². The Morgan fingerprint density at radius 1 is 0.868 bits per heavy atom. The first-order valence-electron chi connectivity index (χ1n) is 13.6. The third-order valence-electron chi connectivity index (χ3n) is 6.69. The number of carbonyl (C=O) groups excluding carboxylic acids is 5. The Kier molecular flexibility index (Phi) is 9.65. The van der Waals surface area contributed by atoms with Crippen LogP contribution in [0.3, 0.4) is 0 Å². The molecule has 0 radical (unpaired) electrons. The number of likely N-dealkylation sites (tertiary alicyclic amines) is 1. The molecular formula is C28H47N3O7. The monoisotopic (exact) mass is 537 g/mol. The number of fused-ring (bicyclic) bond motifs is 2. The van der Waals surface area contributed by atoms with E-state index in [1.54, 1.807) is 46.4 Å². The fraction of sp³-hybridized carbons (Fsp3) is 0.821. The Hall–Kier alpha value is -2.65. The van der Waals surface area contributed by atoms with Crippen LogP contribution in [0.2, 0.25) is 0 Å². The lowest BCUT2D eigenvalue weighted by molar-refractivity contribution is -0.163. The molecule has 216 valence electrons. The number of hydrogen-bond donors (Lipinski definition) is 2. The van der Waals surface area contributed by atoms with Crippen LogP contribution >= 0.6 is 0 Å². The van der Waals surface area contributed by atoms with E-state index < -0.39 is 58.5 Å². The number of nitrogens with zero attached hydrogens (tertiary/aromatic N) is 1. The van der Waals surface area contributed by atoms with E-state index in [2.05, 4.69) is 10.6 Å². The van der Waals surface area contributed by atoms with Crippen molar-refractivity contribution in [2.75, 3.05) is 0 Å². The van der Waals surface area contributed by atoms with Crippen molar-refractivity contribution in [3.8, 4) is 0 Å². The second-order valence-electron chi connectivity index (χ2n) is 13.6. The van der Waals surface area contributed by atoms with E-state index in [0.717, 1.165) is 12.8 Å². The van der Waals surface area contributed by atoms with Crippen LogP contribution in [0.4, 0.5) is 4.79 Å². The average molecular weight is 538 g/mol. The van der Waals surface area contributed by atoms with Crippen molar-refractivity contribution in [3.05, 3.63) is 0 Å². The Morgan fingerprint density at radius 3 is 1.95 bits per heavy atom. The molecular weight excluding hydrogens is 490 g/mol. The van der Waals surface area contributed by atoms with Crippen molar-refractivity contribution < 1.29 is 33.4 Å². The molecule has 1 saturated heterocycles. The lowest BCUT2D eigenvalue weighted by Crippen LogP contribution is -2.62. The Bertz CT molecular complexity index is 926. The minimum Gasteiger partial charge on any atom is -0.454 e. The predicted octanol–water partition coefficient (Wildman–Crippen LogP) is 3.50. The molecule has 2 bridgehead atoms. The largest absolute Gasteiger partial charge is 0.454 e. The lowest BCUT2D eigenvalue weighted by atomic mass is 9.85. The van der Waals surface area contributed by atoms with Gasteiger partial charge in [0.25, 0.3) is 5.78 Å². The second-order valence-corrected chi connectivity index (χ2v) is 13.6. The number of ketones is 1. The molecule has 0 aromatic carbocycles. The molecule has 5 atom stereocenters. The van der Waals surface area contributed by atoms with E-state index >= 15 is 0 Å². The highest BCUT2D eigenvalue weighted by Gasteiger charge is 2.54. The summed E-state index contributed by atoms with van der Waals surface area (Å²) in [5.41, 5.74) is -2.24. The third-order valence-corrected chi connectivity index (χ3v) is 6.69. The Balaban J connectivity index is 2.28. The summed E-state index contributed by atoms with van der Waals surface area (Å²) in [5.74, 6) is -2.70. The molecule has 2 rings (SSSR count). The van der Waals surface area contributed by atoms with Gasteiger partial charge in [0, 0.05) is 6.04 Å². The van der Waals surface area contributed by atoms with E-state index in [1.807, 2.05) is 27.7 Å². The van der Waals surface area contributed by atoms with E-state index in [0.29, 0.717) is 12.8 Å². The van der Waals surface area contributed by atoms with Crippen LogP contribution in [-0.2, 0) is 28.7 Å². The van der Waals surface area contributed by atoms with E-state index in [9.17, 15) is 24.0 Å². The molecule has 1 aliphatic carbocycles. The zero-order valence-electron chi connectivity index (χ0n) is 24.7. The van der Waals surface area contributed by atoms with E-state index in [4.69, 9.17) is 9.47 Å². The van der Waals surface area contributed by atoms with Crippen LogP contribution in [-0.4, -0.2) is 69.9 Å². The number of rotatable bonds is 8. The summed E-state index contributed by atoms with van der Waals surface area (Å²) in [6, 6.07) is -2.91. The van der Waals surface area contributed by atoms with Gasteiger partial charge in [-0.1, -0.05) is 34.1 Å². The maximum atomic E-state index is 13.9. The van der Waals surface area contributed by atoms with Crippen LogP contribution < -0.4 is 10.6 Å². The summed E-state index contributed by atoms with van der Waals surface area (Å²) in [4.78, 5) is 67.1. The number of carbonyl (C=O) groups is 5. The van der Waals surface area contributed by atoms with Gasteiger partial charge in [0.15, 0.2) is 0 Å². The summed E-state index contributed by atoms with van der Waals surface area (Å²) >= 11 is 0. The molecule has 0 spiro atoms. The predicted molar refractivity (Wildman–Crippen MR) is 142 cm³/mol. The number of ether oxygens (including phenoxy) is 2. The van der Waals surface area contributed by atoms with Gasteiger partial charge in [-0.2, -0.15) is 0 Å². The highest BCUT2D eigenvalue weighted by Crippen LogP contribution is 2.43. The van der Waals surface area contributed by atoms with Crippen LogP contribution in [0, 0.1) is 11.3 Å². The first-order chi connectivity index (χ1) is 17.2. The lowest BCUT2D eigenvalue weighted by Gasteiger charge is -2.40. The van der Waals surface area contributed by atoms with Gasteiger partial charge in [0.1, 0.15) is 23.3 Å². The fourth-order valence-corrected chi connectivity index (χ4v) is 5.15. The van der Waals surface area contributed by atoms with Crippen molar-refractivity contribution in [1.29, 1.82) is 0 Å². The normalized spacial score (nSPS) is 22.9. The highest BCUT2D eigenvalue weighted by molar-refractivity contribution is 6.36. The van der Waals surface area contributed by atoms with Gasteiger partial charge >= 0.3 is 12.1 Å². The van der Waals surface area contributed by atoms with Gasteiger partial charge in [-0.25, -0.2) is 9.59 Å². The molecule has 38 heavy (non-hydrogen) atoms. The molecule has 10 nitrogen and oxygen atoms in total. The summed E-state index contributed by atoms with van der Waals surface area (Å²) in [5, 5.41) is 5.48. The van der Waals surface area contributed by atoms with Crippen molar-refractivity contribution in [2.45, 2.75) is 137 Å². The second kappa shape index (κ2) is 11.6. The SMILES string of the molecule is CCCC(NC(=O)C1C2CCC(C2)N1C(=O)[C@@H](NC(=O)OC(C)(C)C)C(C)(C)C)C(=O)C(=O)OC(C)(C)C. The number of esters is 1. The summed E-state index contributed by atoms with van der Waals surface area (Å²) in [7, 11) is 0. The zero-order valence-corrected chi connectivity index (χ0v) is 24.7. The quantitative estimate of drug-likeness (QED) is 0.358. The van der Waals surface area contributed by atoms with Crippen molar-refractivity contribution in [3.63, 3.8) is 0 Å². The van der Waals surface area contributed by atoms with Gasteiger partial charge in [0.05, 0.1) is 6.04 Å². The van der Waals surface area contributed by atoms with Gasteiger partial charge in [0.2, 0.25) is 11.8 Å². The van der Waals surface area contributed by atoms with Crippen LogP contribution in [0.15, 0.2) is 0 Å². The first-order valence-corrected chi connectivity index (χ1v) is 13.6. The topological polar surface area (TPSA) is 131 Å². The minimum atomic E-state index is -1.04. The number of amides is 3. The molecule has 0 aromatic heterocycles. The number of alkyl carbamates (subject to hydrolysis) is 1. The maximum Gasteiger partial charge on any atom is 0.408 e. The standard InChI is InChI=1S/C28H47N3O7/c1-11-12-18(20(32)24(35)37-27(5,6)7)29-22(33)19-16-13-14-17(15-16)31(19)23(34)21(26(2,3)4)30-25(36)38-28(8,9)10/h16-19,21H,11-15H2,1-10H3,(H,29,33)(H,30,36)/t16?,17?,18?,19?,21-/m1/s1. The van der Waals surface area contributed by atoms with Crippen LogP contribution in [0.1, 0.15) is 101 Å². The molecule has 1 heterocycles. The van der Waals surface area contributed by atoms with Crippen LogP contribution in [0.5, 0.6) is 0 Å². The Labute approximate surface area is 226 Å². The molecule has 0 aromatic rings. The highest BCUT2D eigenvalue weighted by atomic mass is 16.6. The number of nitrogens with one attached hydrogen (secondary N) is 2. The number of hydrogen-bond acceptors (Lipinski definition) is 7. The zero-order chi connectivity index (χ0) is 29.2. The maximum absolute atomic E-state index is 13.9. The first kappa shape index (κ1) is 31.6. The van der Waals surface area contributed by atoms with Crippen molar-refractivity contribution in [1.82, 2.24) is 15.5 Å². The average Bonchev–Trinajstić information content (AvgIpc) is 3.34. The van der Waals surface area contributed by atoms with Crippen molar-refractivity contribution in [2.24, 2.45) is 11.3 Å². The molecule has 1 saturated carbocycles. The van der Waals surface area contributed by atoms with Crippen LogP contribution in [0.25, 0.3) is 0 Å². The Morgan fingerprint density at radius 2 is 1.45 bits per heavy atom. The van der Waals surface area contributed by atoms with Gasteiger partial charge in [-0.15, -0.1) is 0 Å². The summed E-state index contributed by atoms with van der Waals surface area (Å²) < 4.78 is 10.6. The van der Waals surface area contributed by atoms with E-state index in [-0.39, 0.29) is 24.3 Å². The van der Waals surface area contributed by atoms with Gasteiger partial charge in [-0.05, 0) is 78.6 Å². The minimum absolute atomic E-state index is 0.0648. The van der Waals surface area contributed by atoms with Gasteiger partial charge in [-0.3, -0.25) is 14.4 Å². The molecule has 2 fully saturated rings.